The fourth-order valence-corrected chi connectivity index (χ4v) is 0.894. The van der Waals surface area contributed by atoms with Gasteiger partial charge in [0.2, 0.25) is 0 Å². The maximum absolute atomic E-state index is 9.71. The third-order valence-electron chi connectivity index (χ3n) is 0.752. The van der Waals surface area contributed by atoms with Gasteiger partial charge in [-0.05, 0) is 0 Å². The molecule has 11 heteroatoms. The van der Waals surface area contributed by atoms with E-state index in [1.807, 2.05) is 0 Å². The van der Waals surface area contributed by atoms with E-state index in [9.17, 15) is 16.8 Å². The molecular formula is C4H14N2O6S2Zn. The molecule has 0 aromatic heterocycles. The Labute approximate surface area is 102 Å². The number of nitrogens with two attached hydrogens (primary N) is 2. The van der Waals surface area contributed by atoms with E-state index >= 15 is 0 Å². The predicted molar refractivity (Wildman–Crippen MR) is 50.9 cm³/mol. The van der Waals surface area contributed by atoms with Crippen molar-refractivity contribution < 1.29 is 45.4 Å². The molecule has 90 valence electrons. The van der Waals surface area contributed by atoms with Crippen LogP contribution in [0.4, 0.5) is 0 Å². The van der Waals surface area contributed by atoms with E-state index in [1.54, 1.807) is 0 Å². The summed E-state index contributed by atoms with van der Waals surface area (Å²) in [7, 11) is -7.60. The van der Waals surface area contributed by atoms with Crippen molar-refractivity contribution in [3.05, 3.63) is 0 Å². The maximum Gasteiger partial charge on any atom is 0.266 e. The van der Waals surface area contributed by atoms with Gasteiger partial charge in [0.1, 0.15) is 0 Å². The second-order valence-electron chi connectivity index (χ2n) is 2.15. The molecule has 6 N–H and O–H groups in total. The molecule has 0 aliphatic carbocycles. The first-order valence-electron chi connectivity index (χ1n) is 3.43. The van der Waals surface area contributed by atoms with E-state index in [1.165, 1.54) is 0 Å². The number of hydrogen-bond donors (Lipinski definition) is 4. The Morgan fingerprint density at radius 3 is 1.00 bits per heavy atom. The average molecular weight is 316 g/mol. The normalized spacial score (nSPS) is 10.9. The monoisotopic (exact) mass is 314 g/mol. The Bertz CT molecular complexity index is 291. The van der Waals surface area contributed by atoms with Gasteiger partial charge in [-0.15, -0.1) is 0 Å². The molecule has 0 saturated carbocycles. The van der Waals surface area contributed by atoms with Gasteiger partial charge in [-0.3, -0.25) is 9.11 Å². The summed E-state index contributed by atoms with van der Waals surface area (Å²) < 4.78 is 54.6. The number of rotatable bonds is 4. The van der Waals surface area contributed by atoms with Crippen LogP contribution in [0.25, 0.3) is 0 Å². The molecule has 0 aromatic carbocycles. The van der Waals surface area contributed by atoms with Crippen LogP contribution in [0.2, 0.25) is 0 Å². The zero-order valence-electron chi connectivity index (χ0n) is 8.03. The fraction of sp³-hybridized carbons (Fsp3) is 1.00. The molecule has 0 aliphatic heterocycles. The summed E-state index contributed by atoms with van der Waals surface area (Å²) in [6.45, 7) is -0.0579. The molecular weight excluding hydrogens is 302 g/mol. The maximum atomic E-state index is 9.71. The molecule has 15 heavy (non-hydrogen) atoms. The third kappa shape index (κ3) is 31.4. The van der Waals surface area contributed by atoms with E-state index in [2.05, 4.69) is 0 Å². The SMILES string of the molecule is NCCS(=O)(=O)O.NCCS(=O)(=O)O.[Zn]. The van der Waals surface area contributed by atoms with Crippen LogP contribution in [-0.2, 0) is 39.7 Å². The van der Waals surface area contributed by atoms with Gasteiger partial charge in [0.25, 0.3) is 20.2 Å². The van der Waals surface area contributed by atoms with Crippen molar-refractivity contribution in [2.45, 2.75) is 0 Å². The van der Waals surface area contributed by atoms with E-state index in [0.29, 0.717) is 0 Å². The first-order valence-corrected chi connectivity index (χ1v) is 6.64. The van der Waals surface area contributed by atoms with Crippen molar-refractivity contribution in [2.24, 2.45) is 11.5 Å². The minimum atomic E-state index is -3.80. The smallest absolute Gasteiger partial charge is 0.266 e. The summed E-state index contributed by atoms with van der Waals surface area (Å²) in [5.41, 5.74) is 9.55. The molecule has 0 fully saturated rings. The average Bonchev–Trinajstić information content (AvgIpc) is 1.81. The van der Waals surface area contributed by atoms with Crippen LogP contribution >= 0.6 is 0 Å². The van der Waals surface area contributed by atoms with Crippen LogP contribution in [-0.4, -0.2) is 50.5 Å². The van der Waals surface area contributed by atoms with Gasteiger partial charge in [-0.1, -0.05) is 0 Å². The molecule has 0 amide bonds. The second kappa shape index (κ2) is 9.58. The van der Waals surface area contributed by atoms with Crippen molar-refractivity contribution in [3.63, 3.8) is 0 Å². The molecule has 0 heterocycles. The molecule has 8 nitrogen and oxygen atoms in total. The number of hydrogen-bond acceptors (Lipinski definition) is 6. The molecule has 0 atom stereocenters. The second-order valence-corrected chi connectivity index (χ2v) is 5.29. The Morgan fingerprint density at radius 2 is 1.00 bits per heavy atom. The van der Waals surface area contributed by atoms with Crippen molar-refractivity contribution in [1.82, 2.24) is 0 Å². The standard InChI is InChI=1S/2C2H7NO3S.Zn/c2*3-1-2-7(4,5)6;/h2*1-3H2,(H,4,5,6);. The summed E-state index contributed by atoms with van der Waals surface area (Å²) in [6.07, 6.45) is 0. The van der Waals surface area contributed by atoms with Gasteiger partial charge in [-0.2, -0.15) is 16.8 Å². The first kappa shape index (κ1) is 20.7. The van der Waals surface area contributed by atoms with E-state index in [4.69, 9.17) is 20.6 Å². The fourth-order valence-electron chi connectivity index (χ4n) is 0.298. The van der Waals surface area contributed by atoms with Crippen LogP contribution in [0, 0.1) is 0 Å². The molecule has 0 spiro atoms. The Balaban J connectivity index is -0.000000180. The van der Waals surface area contributed by atoms with E-state index in [-0.39, 0.29) is 44.1 Å². The summed E-state index contributed by atoms with van der Waals surface area (Å²) in [5.74, 6) is -0.708. The van der Waals surface area contributed by atoms with Crippen LogP contribution < -0.4 is 11.5 Å². The summed E-state index contributed by atoms with van der Waals surface area (Å²) in [6, 6.07) is 0. The minimum absolute atomic E-state index is 0. The van der Waals surface area contributed by atoms with Gasteiger partial charge >= 0.3 is 0 Å². The molecule has 0 saturated heterocycles. The Morgan fingerprint density at radius 1 is 0.800 bits per heavy atom. The van der Waals surface area contributed by atoms with E-state index < -0.39 is 20.2 Å². The summed E-state index contributed by atoms with van der Waals surface area (Å²) in [5, 5.41) is 0. The van der Waals surface area contributed by atoms with Crippen molar-refractivity contribution in [2.75, 3.05) is 24.6 Å². The van der Waals surface area contributed by atoms with Gasteiger partial charge in [0, 0.05) is 32.6 Å². The van der Waals surface area contributed by atoms with Crippen molar-refractivity contribution in [3.8, 4) is 0 Å². The summed E-state index contributed by atoms with van der Waals surface area (Å²) >= 11 is 0. The third-order valence-corrected chi connectivity index (χ3v) is 2.25. The van der Waals surface area contributed by atoms with Crippen LogP contribution in [0.1, 0.15) is 0 Å². The van der Waals surface area contributed by atoms with Gasteiger partial charge < -0.3 is 11.5 Å². The zero-order valence-corrected chi connectivity index (χ0v) is 12.6. The molecule has 0 aromatic rings. The van der Waals surface area contributed by atoms with Crippen molar-refractivity contribution in [1.29, 1.82) is 0 Å². The van der Waals surface area contributed by atoms with Gasteiger partial charge in [0.15, 0.2) is 0 Å². The minimum Gasteiger partial charge on any atom is -0.329 e. The molecule has 0 aliphatic rings. The summed E-state index contributed by atoms with van der Waals surface area (Å²) in [4.78, 5) is 0. The zero-order chi connectivity index (χ0) is 11.8. The molecule has 0 unspecified atom stereocenters. The van der Waals surface area contributed by atoms with Crippen molar-refractivity contribution >= 4 is 20.2 Å². The largest absolute Gasteiger partial charge is 0.329 e. The van der Waals surface area contributed by atoms with Gasteiger partial charge in [-0.25, -0.2) is 0 Å². The van der Waals surface area contributed by atoms with Gasteiger partial charge in [0.05, 0.1) is 11.5 Å². The molecule has 0 bridgehead atoms. The van der Waals surface area contributed by atoms with Crippen LogP contribution in [0.3, 0.4) is 0 Å². The molecule has 0 rings (SSSR count). The molecule has 0 radical (unpaired) electrons. The quantitative estimate of drug-likeness (QED) is 0.331. The predicted octanol–water partition coefficient (Wildman–Crippen LogP) is -2.34. The topological polar surface area (TPSA) is 161 Å². The van der Waals surface area contributed by atoms with Crippen LogP contribution in [0.15, 0.2) is 0 Å². The van der Waals surface area contributed by atoms with Crippen LogP contribution in [0.5, 0.6) is 0 Å². The van der Waals surface area contributed by atoms with E-state index in [0.717, 1.165) is 0 Å². The Hall–Kier alpha value is 0.363. The first-order chi connectivity index (χ1) is 6.12. The Kier molecular flexibility index (Phi) is 13.2.